The molecule has 3 aliphatic rings. The molecule has 27 heavy (non-hydrogen) atoms. The summed E-state index contributed by atoms with van der Waals surface area (Å²) in [4.78, 5) is 20.3. The Morgan fingerprint density at radius 3 is 2.41 bits per heavy atom. The van der Waals surface area contributed by atoms with Crippen molar-refractivity contribution in [2.24, 2.45) is 5.92 Å². The van der Waals surface area contributed by atoms with Gasteiger partial charge >= 0.3 is 0 Å². The topological polar surface area (TPSA) is 48.1 Å². The van der Waals surface area contributed by atoms with Gasteiger partial charge in [-0.05, 0) is 64.2 Å². The largest absolute Gasteiger partial charge is 0.379 e. The summed E-state index contributed by atoms with van der Waals surface area (Å²) < 4.78 is 5.44. The van der Waals surface area contributed by atoms with Crippen LogP contribution in [0.4, 0.5) is 0 Å². The second kappa shape index (κ2) is 11.3. The Balaban J connectivity index is 1.48. The van der Waals surface area contributed by atoms with E-state index in [1.165, 1.54) is 19.3 Å². The standard InChI is InChI=1S/C21H40N4O2/c1-2-19-6-12-24(13-7-19)18-21(26)25(20-4-8-22-9-5-20)11-3-10-23-14-16-27-17-15-23/h19-20,22H,2-18H2,1H3. The smallest absolute Gasteiger partial charge is 0.236 e. The van der Waals surface area contributed by atoms with Crippen LogP contribution in [-0.4, -0.2) is 98.8 Å². The number of hydrogen-bond acceptors (Lipinski definition) is 5. The molecule has 6 nitrogen and oxygen atoms in total. The summed E-state index contributed by atoms with van der Waals surface area (Å²) in [7, 11) is 0. The Labute approximate surface area is 165 Å². The van der Waals surface area contributed by atoms with Gasteiger partial charge in [0.1, 0.15) is 0 Å². The van der Waals surface area contributed by atoms with Crippen LogP contribution in [0, 0.1) is 5.92 Å². The quantitative estimate of drug-likeness (QED) is 0.690. The number of morpholine rings is 1. The molecule has 3 rings (SSSR count). The van der Waals surface area contributed by atoms with Crippen LogP contribution < -0.4 is 5.32 Å². The zero-order valence-corrected chi connectivity index (χ0v) is 17.3. The van der Waals surface area contributed by atoms with Crippen LogP contribution in [0.5, 0.6) is 0 Å². The van der Waals surface area contributed by atoms with Gasteiger partial charge in [0.25, 0.3) is 0 Å². The van der Waals surface area contributed by atoms with Gasteiger partial charge < -0.3 is 15.0 Å². The zero-order valence-electron chi connectivity index (χ0n) is 17.3. The van der Waals surface area contributed by atoms with E-state index < -0.39 is 0 Å². The Bertz CT molecular complexity index is 428. The molecule has 0 unspecified atom stereocenters. The minimum Gasteiger partial charge on any atom is -0.379 e. The molecule has 0 spiro atoms. The van der Waals surface area contributed by atoms with Crippen molar-refractivity contribution in [2.75, 3.05) is 72.1 Å². The van der Waals surface area contributed by atoms with E-state index in [1.54, 1.807) is 0 Å². The van der Waals surface area contributed by atoms with E-state index in [-0.39, 0.29) is 0 Å². The van der Waals surface area contributed by atoms with Crippen molar-refractivity contribution in [3.63, 3.8) is 0 Å². The Morgan fingerprint density at radius 1 is 1.04 bits per heavy atom. The average Bonchev–Trinajstić information content (AvgIpc) is 2.73. The van der Waals surface area contributed by atoms with Gasteiger partial charge in [-0.25, -0.2) is 0 Å². The number of likely N-dealkylation sites (tertiary alicyclic amines) is 1. The van der Waals surface area contributed by atoms with Crippen LogP contribution >= 0.6 is 0 Å². The maximum atomic E-state index is 13.2. The van der Waals surface area contributed by atoms with Gasteiger partial charge in [0.2, 0.25) is 5.91 Å². The molecular formula is C21H40N4O2. The van der Waals surface area contributed by atoms with Gasteiger partial charge in [-0.15, -0.1) is 0 Å². The van der Waals surface area contributed by atoms with Crippen molar-refractivity contribution in [1.29, 1.82) is 0 Å². The number of piperidine rings is 2. The third-order valence-corrected chi connectivity index (χ3v) is 6.69. The van der Waals surface area contributed by atoms with Crippen LogP contribution in [0.3, 0.4) is 0 Å². The van der Waals surface area contributed by atoms with Crippen LogP contribution in [0.1, 0.15) is 45.4 Å². The van der Waals surface area contributed by atoms with Gasteiger partial charge in [-0.3, -0.25) is 14.6 Å². The molecule has 0 aromatic carbocycles. The van der Waals surface area contributed by atoms with Gasteiger partial charge in [0.15, 0.2) is 0 Å². The Morgan fingerprint density at radius 2 is 1.74 bits per heavy atom. The third kappa shape index (κ3) is 6.70. The van der Waals surface area contributed by atoms with Crippen molar-refractivity contribution >= 4 is 5.91 Å². The van der Waals surface area contributed by atoms with Crippen molar-refractivity contribution in [3.8, 4) is 0 Å². The summed E-state index contributed by atoms with van der Waals surface area (Å²) in [5, 5.41) is 3.44. The summed E-state index contributed by atoms with van der Waals surface area (Å²) >= 11 is 0. The van der Waals surface area contributed by atoms with Crippen molar-refractivity contribution in [3.05, 3.63) is 0 Å². The molecule has 1 amide bonds. The minimum atomic E-state index is 0.360. The Hall–Kier alpha value is -0.690. The molecule has 3 saturated heterocycles. The van der Waals surface area contributed by atoms with Gasteiger partial charge in [-0.1, -0.05) is 13.3 Å². The molecule has 0 aromatic heterocycles. The third-order valence-electron chi connectivity index (χ3n) is 6.69. The highest BCUT2D eigenvalue weighted by Crippen LogP contribution is 2.20. The molecule has 3 heterocycles. The molecule has 0 aromatic rings. The van der Waals surface area contributed by atoms with Crippen molar-refractivity contribution in [1.82, 2.24) is 20.0 Å². The highest BCUT2D eigenvalue weighted by atomic mass is 16.5. The fourth-order valence-corrected chi connectivity index (χ4v) is 4.75. The molecule has 0 saturated carbocycles. The fourth-order valence-electron chi connectivity index (χ4n) is 4.75. The molecule has 0 atom stereocenters. The monoisotopic (exact) mass is 380 g/mol. The lowest BCUT2D eigenvalue weighted by Gasteiger charge is -2.38. The summed E-state index contributed by atoms with van der Waals surface area (Å²) in [5.74, 6) is 1.23. The first-order valence-corrected chi connectivity index (χ1v) is 11.3. The number of hydrogen-bond donors (Lipinski definition) is 1. The number of amides is 1. The Kier molecular flexibility index (Phi) is 8.84. The maximum absolute atomic E-state index is 13.2. The van der Waals surface area contributed by atoms with E-state index in [2.05, 4.69) is 26.9 Å². The molecule has 0 bridgehead atoms. The van der Waals surface area contributed by atoms with Crippen LogP contribution in [0.15, 0.2) is 0 Å². The van der Waals surface area contributed by atoms with Crippen LogP contribution in [0.25, 0.3) is 0 Å². The zero-order chi connectivity index (χ0) is 18.9. The normalized spacial score (nSPS) is 24.2. The molecule has 156 valence electrons. The molecule has 0 aliphatic carbocycles. The molecular weight excluding hydrogens is 340 g/mol. The van der Waals surface area contributed by atoms with E-state index in [0.29, 0.717) is 18.5 Å². The van der Waals surface area contributed by atoms with Crippen molar-refractivity contribution < 1.29 is 9.53 Å². The van der Waals surface area contributed by atoms with Crippen molar-refractivity contribution in [2.45, 2.75) is 51.5 Å². The number of rotatable bonds is 8. The maximum Gasteiger partial charge on any atom is 0.236 e. The molecule has 3 fully saturated rings. The summed E-state index contributed by atoms with van der Waals surface area (Å²) in [6.45, 7) is 13.0. The fraction of sp³-hybridized carbons (Fsp3) is 0.952. The second-order valence-corrected chi connectivity index (χ2v) is 8.50. The summed E-state index contributed by atoms with van der Waals surface area (Å²) in [6, 6.07) is 0.427. The second-order valence-electron chi connectivity index (χ2n) is 8.50. The molecule has 6 heteroatoms. The van der Waals surface area contributed by atoms with Crippen LogP contribution in [0.2, 0.25) is 0 Å². The number of nitrogens with zero attached hydrogens (tertiary/aromatic N) is 3. The first kappa shape index (κ1) is 21.0. The molecule has 1 N–H and O–H groups in total. The first-order valence-electron chi connectivity index (χ1n) is 11.3. The lowest BCUT2D eigenvalue weighted by Crippen LogP contribution is -2.51. The van der Waals surface area contributed by atoms with E-state index in [0.717, 1.165) is 90.8 Å². The number of carbonyl (C=O) groups is 1. The van der Waals surface area contributed by atoms with Crippen LogP contribution in [-0.2, 0) is 9.53 Å². The van der Waals surface area contributed by atoms with Gasteiger partial charge in [0, 0.05) is 32.2 Å². The summed E-state index contributed by atoms with van der Waals surface area (Å²) in [5.41, 5.74) is 0. The summed E-state index contributed by atoms with van der Waals surface area (Å²) in [6.07, 6.45) is 7.07. The average molecular weight is 381 g/mol. The SMILES string of the molecule is CCC1CCN(CC(=O)N(CCCN2CCOCC2)C2CCNCC2)CC1. The molecule has 3 aliphatic heterocycles. The number of nitrogens with one attached hydrogen (secondary N) is 1. The molecule has 0 radical (unpaired) electrons. The highest BCUT2D eigenvalue weighted by molar-refractivity contribution is 5.78. The van der Waals surface area contributed by atoms with E-state index >= 15 is 0 Å². The van der Waals surface area contributed by atoms with E-state index in [4.69, 9.17) is 4.74 Å². The predicted molar refractivity (Wildman–Crippen MR) is 109 cm³/mol. The van der Waals surface area contributed by atoms with Gasteiger partial charge in [-0.2, -0.15) is 0 Å². The van der Waals surface area contributed by atoms with E-state index in [1.807, 2.05) is 0 Å². The number of carbonyl (C=O) groups excluding carboxylic acids is 1. The lowest BCUT2D eigenvalue weighted by atomic mass is 9.94. The minimum absolute atomic E-state index is 0.360. The first-order chi connectivity index (χ1) is 13.3. The lowest BCUT2D eigenvalue weighted by molar-refractivity contribution is -0.135. The predicted octanol–water partition coefficient (Wildman–Crippen LogP) is 1.41. The van der Waals surface area contributed by atoms with E-state index in [9.17, 15) is 4.79 Å². The highest BCUT2D eigenvalue weighted by Gasteiger charge is 2.27. The van der Waals surface area contributed by atoms with Gasteiger partial charge in [0.05, 0.1) is 19.8 Å². The number of ether oxygens (including phenoxy) is 1.